The summed E-state index contributed by atoms with van der Waals surface area (Å²) in [7, 11) is -3.91. The molecule has 1 heterocycles. The number of halogens is 3. The Bertz CT molecular complexity index is 812. The summed E-state index contributed by atoms with van der Waals surface area (Å²) in [4.78, 5) is 3.82. The number of sulfonamides is 1. The second-order valence-corrected chi connectivity index (χ2v) is 7.49. The van der Waals surface area contributed by atoms with Gasteiger partial charge in [0.05, 0.1) is 15.7 Å². The van der Waals surface area contributed by atoms with E-state index < -0.39 is 10.0 Å². The normalized spacial score (nSPS) is 11.4. The quantitative estimate of drug-likeness (QED) is 0.752. The predicted octanol–water partition coefficient (Wildman–Crippen LogP) is 3.84. The second-order valence-electron chi connectivity index (χ2n) is 4.20. The molecule has 5 nitrogen and oxygen atoms in total. The Morgan fingerprint density at radius 3 is 2.62 bits per heavy atom. The predicted molar refractivity (Wildman–Crippen MR) is 88.4 cm³/mol. The molecule has 0 amide bonds. The van der Waals surface area contributed by atoms with Gasteiger partial charge in [0.1, 0.15) is 10.7 Å². The Hall–Kier alpha value is -1.02. The van der Waals surface area contributed by atoms with Crippen molar-refractivity contribution in [3.05, 3.63) is 44.5 Å². The van der Waals surface area contributed by atoms with Gasteiger partial charge < -0.3 is 5.73 Å². The van der Waals surface area contributed by atoms with Crippen molar-refractivity contribution < 1.29 is 8.42 Å². The van der Waals surface area contributed by atoms with Crippen LogP contribution in [0.3, 0.4) is 0 Å². The van der Waals surface area contributed by atoms with Crippen LogP contribution in [0, 0.1) is 6.92 Å². The molecule has 0 radical (unpaired) electrons. The first kappa shape index (κ1) is 16.4. The molecule has 0 saturated heterocycles. The van der Waals surface area contributed by atoms with E-state index in [0.29, 0.717) is 0 Å². The van der Waals surface area contributed by atoms with Gasteiger partial charge >= 0.3 is 0 Å². The third kappa shape index (κ3) is 3.42. The van der Waals surface area contributed by atoms with Gasteiger partial charge in [-0.15, -0.1) is 0 Å². The number of nitrogens with zero attached hydrogens (tertiary/aromatic N) is 1. The van der Waals surface area contributed by atoms with Crippen LogP contribution in [0.2, 0.25) is 10.0 Å². The molecular formula is C12H10BrCl2N3O2S. The van der Waals surface area contributed by atoms with Crippen molar-refractivity contribution in [2.24, 2.45) is 0 Å². The Morgan fingerprint density at radius 1 is 1.33 bits per heavy atom. The first-order valence-corrected chi connectivity index (χ1v) is 8.64. The fourth-order valence-corrected chi connectivity index (χ4v) is 3.53. The van der Waals surface area contributed by atoms with Gasteiger partial charge in [-0.3, -0.25) is 4.72 Å². The highest BCUT2D eigenvalue weighted by Crippen LogP contribution is 2.33. The summed E-state index contributed by atoms with van der Waals surface area (Å²) in [5, 5.41) is 0.0698. The van der Waals surface area contributed by atoms with Crippen molar-refractivity contribution in [2.45, 2.75) is 11.8 Å². The number of nitrogens with one attached hydrogen (secondary N) is 1. The topological polar surface area (TPSA) is 85.1 Å². The minimum Gasteiger partial charge on any atom is -0.396 e. The van der Waals surface area contributed by atoms with Crippen LogP contribution in [-0.4, -0.2) is 13.4 Å². The van der Waals surface area contributed by atoms with Crippen LogP contribution < -0.4 is 10.5 Å². The van der Waals surface area contributed by atoms with Crippen molar-refractivity contribution >= 4 is 60.7 Å². The number of hydrogen-bond acceptors (Lipinski definition) is 4. The number of pyridine rings is 1. The maximum atomic E-state index is 12.3. The summed E-state index contributed by atoms with van der Waals surface area (Å²) in [5.41, 5.74) is 6.49. The Balaban J connectivity index is 2.43. The van der Waals surface area contributed by atoms with E-state index in [-0.39, 0.29) is 26.4 Å². The average molecular weight is 411 g/mol. The van der Waals surface area contributed by atoms with Crippen molar-refractivity contribution in [3.8, 4) is 0 Å². The zero-order chi connectivity index (χ0) is 15.8. The molecule has 112 valence electrons. The fraction of sp³-hybridized carbons (Fsp3) is 0.0833. The number of rotatable bonds is 3. The van der Waals surface area contributed by atoms with E-state index in [9.17, 15) is 8.42 Å². The highest BCUT2D eigenvalue weighted by molar-refractivity contribution is 9.10. The first-order chi connectivity index (χ1) is 9.72. The number of aryl methyl sites for hydroxylation is 1. The molecule has 0 spiro atoms. The molecule has 0 atom stereocenters. The fourth-order valence-electron chi connectivity index (χ4n) is 1.54. The lowest BCUT2D eigenvalue weighted by Gasteiger charge is -2.11. The minimum atomic E-state index is -3.91. The molecule has 0 saturated carbocycles. The van der Waals surface area contributed by atoms with E-state index in [0.717, 1.165) is 10.0 Å². The summed E-state index contributed by atoms with van der Waals surface area (Å²) >= 11 is 15.0. The van der Waals surface area contributed by atoms with Gasteiger partial charge in [-0.25, -0.2) is 13.4 Å². The molecule has 0 aliphatic heterocycles. The van der Waals surface area contributed by atoms with Crippen LogP contribution in [0.15, 0.2) is 33.8 Å². The third-order valence-corrected chi connectivity index (χ3v) is 5.74. The van der Waals surface area contributed by atoms with Gasteiger partial charge in [-0.2, -0.15) is 0 Å². The molecule has 0 fully saturated rings. The van der Waals surface area contributed by atoms with E-state index in [2.05, 4.69) is 25.6 Å². The Kier molecular flexibility index (Phi) is 4.67. The van der Waals surface area contributed by atoms with E-state index in [1.54, 1.807) is 6.07 Å². The zero-order valence-corrected chi connectivity index (χ0v) is 14.6. The Morgan fingerprint density at radius 2 is 2.00 bits per heavy atom. The molecular weight excluding hydrogens is 401 g/mol. The summed E-state index contributed by atoms with van der Waals surface area (Å²) in [6.45, 7) is 1.82. The number of anilines is 2. The molecule has 9 heteroatoms. The first-order valence-electron chi connectivity index (χ1n) is 5.61. The van der Waals surface area contributed by atoms with Gasteiger partial charge in [0.25, 0.3) is 10.0 Å². The summed E-state index contributed by atoms with van der Waals surface area (Å²) in [5.74, 6) is 0.181. The highest BCUT2D eigenvalue weighted by atomic mass is 79.9. The summed E-state index contributed by atoms with van der Waals surface area (Å²) < 4.78 is 27.8. The smallest absolute Gasteiger partial charge is 0.264 e. The number of benzene rings is 1. The zero-order valence-electron chi connectivity index (χ0n) is 10.7. The number of nitrogen functional groups attached to an aromatic ring is 1. The third-order valence-electron chi connectivity index (χ3n) is 2.67. The molecule has 0 aliphatic rings. The number of aromatic nitrogens is 1. The van der Waals surface area contributed by atoms with Crippen LogP contribution in [0.4, 0.5) is 11.5 Å². The van der Waals surface area contributed by atoms with Crippen molar-refractivity contribution in [2.75, 3.05) is 10.5 Å². The second kappa shape index (κ2) is 6.00. The van der Waals surface area contributed by atoms with Crippen molar-refractivity contribution in [3.63, 3.8) is 0 Å². The van der Waals surface area contributed by atoms with Crippen molar-refractivity contribution in [1.29, 1.82) is 0 Å². The van der Waals surface area contributed by atoms with Gasteiger partial charge in [-0.05, 0) is 46.6 Å². The maximum absolute atomic E-state index is 12.3. The molecule has 2 aromatic rings. The minimum absolute atomic E-state index is 0.0150. The monoisotopic (exact) mass is 409 g/mol. The molecule has 0 aliphatic carbocycles. The maximum Gasteiger partial charge on any atom is 0.264 e. The van der Waals surface area contributed by atoms with E-state index >= 15 is 0 Å². The lowest BCUT2D eigenvalue weighted by atomic mass is 10.3. The van der Waals surface area contributed by atoms with E-state index in [1.165, 1.54) is 18.3 Å². The standard InChI is InChI=1S/C12H10BrCl2N3O2S/c1-6-4-10(17-5-7(6)13)18-21(19,20)9-3-2-8(14)12(16)11(9)15/h2-5H,16H2,1H3,(H,17,18). The Labute approximate surface area is 140 Å². The van der Waals surface area contributed by atoms with Gasteiger partial charge in [0.2, 0.25) is 0 Å². The lowest BCUT2D eigenvalue weighted by Crippen LogP contribution is -2.15. The molecule has 3 N–H and O–H groups in total. The molecule has 1 aromatic carbocycles. The van der Waals surface area contributed by atoms with Gasteiger partial charge in [0.15, 0.2) is 0 Å². The molecule has 21 heavy (non-hydrogen) atoms. The largest absolute Gasteiger partial charge is 0.396 e. The van der Waals surface area contributed by atoms with Crippen LogP contribution in [0.1, 0.15) is 5.56 Å². The SMILES string of the molecule is Cc1cc(NS(=O)(=O)c2ccc(Cl)c(N)c2Cl)ncc1Br. The van der Waals surface area contributed by atoms with E-state index in [4.69, 9.17) is 28.9 Å². The average Bonchev–Trinajstić information content (AvgIpc) is 2.39. The van der Waals surface area contributed by atoms with Crippen LogP contribution in [-0.2, 0) is 10.0 Å². The van der Waals surface area contributed by atoms with Gasteiger partial charge in [-0.1, -0.05) is 23.2 Å². The summed E-state index contributed by atoms with van der Waals surface area (Å²) in [6, 6.07) is 4.25. The van der Waals surface area contributed by atoms with E-state index in [1.807, 2.05) is 6.92 Å². The molecule has 0 unspecified atom stereocenters. The lowest BCUT2D eigenvalue weighted by molar-refractivity contribution is 0.601. The molecule has 1 aromatic heterocycles. The number of hydrogen-bond donors (Lipinski definition) is 2. The van der Waals surface area contributed by atoms with Gasteiger partial charge in [0, 0.05) is 10.7 Å². The molecule has 0 bridgehead atoms. The van der Waals surface area contributed by atoms with Crippen LogP contribution in [0.5, 0.6) is 0 Å². The summed E-state index contributed by atoms with van der Waals surface area (Å²) in [6.07, 6.45) is 1.50. The van der Waals surface area contributed by atoms with Crippen molar-refractivity contribution in [1.82, 2.24) is 4.98 Å². The van der Waals surface area contributed by atoms with Crippen LogP contribution in [0.25, 0.3) is 0 Å². The van der Waals surface area contributed by atoms with Crippen LogP contribution >= 0.6 is 39.1 Å². The molecule has 2 rings (SSSR count). The number of nitrogens with two attached hydrogens (primary N) is 1. The highest BCUT2D eigenvalue weighted by Gasteiger charge is 2.21.